The maximum atomic E-state index is 13.0. The van der Waals surface area contributed by atoms with E-state index in [9.17, 15) is 4.39 Å². The molecular weight excluding hydrogens is 241 g/mol. The fraction of sp³-hybridized carbons (Fsp3) is 0.267. The number of halogens is 1. The van der Waals surface area contributed by atoms with Crippen molar-refractivity contribution in [3.8, 4) is 6.07 Å². The first-order valence-electron chi connectivity index (χ1n) is 6.32. The van der Waals surface area contributed by atoms with E-state index in [1.54, 1.807) is 6.07 Å². The van der Waals surface area contributed by atoms with Crippen LogP contribution < -0.4 is 5.32 Å². The van der Waals surface area contributed by atoms with Crippen LogP contribution in [0.4, 0.5) is 10.1 Å². The number of rotatable bonds is 5. The zero-order valence-electron chi connectivity index (χ0n) is 10.9. The second-order valence-electron chi connectivity index (χ2n) is 4.35. The van der Waals surface area contributed by atoms with Gasteiger partial charge < -0.3 is 9.88 Å². The monoisotopic (exact) mass is 257 g/mol. The summed E-state index contributed by atoms with van der Waals surface area (Å²) in [5.74, 6) is -0.392. The van der Waals surface area contributed by atoms with Gasteiger partial charge in [-0.3, -0.25) is 0 Å². The molecule has 0 aliphatic heterocycles. The highest BCUT2D eigenvalue weighted by molar-refractivity contribution is 5.57. The topological polar surface area (TPSA) is 40.8 Å². The molecule has 0 saturated heterocycles. The van der Waals surface area contributed by atoms with Gasteiger partial charge in [0, 0.05) is 18.4 Å². The zero-order valence-corrected chi connectivity index (χ0v) is 10.9. The lowest BCUT2D eigenvalue weighted by Crippen LogP contribution is -2.07. The molecule has 0 saturated carbocycles. The van der Waals surface area contributed by atoms with Gasteiger partial charge >= 0.3 is 0 Å². The molecule has 4 heteroatoms. The Morgan fingerprint density at radius 3 is 2.95 bits per heavy atom. The van der Waals surface area contributed by atoms with Gasteiger partial charge in [-0.15, -0.1) is 0 Å². The van der Waals surface area contributed by atoms with Gasteiger partial charge in [0.2, 0.25) is 0 Å². The van der Waals surface area contributed by atoms with Crippen molar-refractivity contribution in [1.29, 1.82) is 5.26 Å². The maximum absolute atomic E-state index is 13.0. The minimum Gasteiger partial charge on any atom is -0.378 e. The Morgan fingerprint density at radius 2 is 2.21 bits per heavy atom. The highest BCUT2D eigenvalue weighted by atomic mass is 19.1. The van der Waals surface area contributed by atoms with Crippen molar-refractivity contribution in [2.45, 2.75) is 26.4 Å². The summed E-state index contributed by atoms with van der Waals surface area (Å²) in [6.07, 6.45) is 3.11. The molecule has 0 spiro atoms. The smallest absolute Gasteiger partial charge is 0.124 e. The summed E-state index contributed by atoms with van der Waals surface area (Å²) in [5, 5.41) is 12.2. The first-order valence-corrected chi connectivity index (χ1v) is 6.32. The molecule has 0 unspecified atom stereocenters. The Hall–Kier alpha value is -2.28. The molecule has 1 heterocycles. The molecule has 0 bridgehead atoms. The van der Waals surface area contributed by atoms with Crippen LogP contribution in [-0.4, -0.2) is 4.57 Å². The predicted molar refractivity (Wildman–Crippen MR) is 73.2 cm³/mol. The van der Waals surface area contributed by atoms with Crippen molar-refractivity contribution in [3.05, 3.63) is 53.6 Å². The third-order valence-corrected chi connectivity index (χ3v) is 2.95. The largest absolute Gasteiger partial charge is 0.378 e. The van der Waals surface area contributed by atoms with Gasteiger partial charge in [0.1, 0.15) is 11.9 Å². The summed E-state index contributed by atoms with van der Waals surface area (Å²) in [6, 6.07) is 10.2. The van der Waals surface area contributed by atoms with Crippen molar-refractivity contribution in [2.24, 2.45) is 0 Å². The fourth-order valence-corrected chi connectivity index (χ4v) is 2.02. The van der Waals surface area contributed by atoms with Crippen LogP contribution >= 0.6 is 0 Å². The van der Waals surface area contributed by atoms with Crippen LogP contribution in [0.25, 0.3) is 0 Å². The molecule has 0 atom stereocenters. The zero-order chi connectivity index (χ0) is 13.7. The number of aromatic nitrogens is 1. The summed E-state index contributed by atoms with van der Waals surface area (Å²) in [4.78, 5) is 0. The number of hydrogen-bond acceptors (Lipinski definition) is 2. The van der Waals surface area contributed by atoms with Crippen LogP contribution in [0.15, 0.2) is 36.5 Å². The summed E-state index contributed by atoms with van der Waals surface area (Å²) in [6.45, 7) is 3.72. The Bertz CT molecular complexity index is 596. The van der Waals surface area contributed by atoms with Crippen molar-refractivity contribution < 1.29 is 4.39 Å². The highest BCUT2D eigenvalue weighted by Gasteiger charge is 2.05. The van der Waals surface area contributed by atoms with E-state index < -0.39 is 5.82 Å². The lowest BCUT2D eigenvalue weighted by molar-refractivity contribution is 0.627. The van der Waals surface area contributed by atoms with Gasteiger partial charge in [-0.25, -0.2) is 4.39 Å². The van der Waals surface area contributed by atoms with E-state index >= 15 is 0 Å². The van der Waals surface area contributed by atoms with Crippen LogP contribution in [0.1, 0.15) is 24.6 Å². The van der Waals surface area contributed by atoms with Crippen molar-refractivity contribution in [3.63, 3.8) is 0 Å². The van der Waals surface area contributed by atoms with E-state index in [1.807, 2.05) is 24.4 Å². The number of aryl methyl sites for hydroxylation is 1. The van der Waals surface area contributed by atoms with E-state index in [1.165, 1.54) is 12.1 Å². The SMILES string of the molecule is CCCn1cccc1CNc1ccc(F)cc1C#N. The van der Waals surface area contributed by atoms with Crippen LogP contribution in [0, 0.1) is 17.1 Å². The number of nitriles is 1. The molecule has 0 aliphatic carbocycles. The van der Waals surface area contributed by atoms with Crippen molar-refractivity contribution in [2.75, 3.05) is 5.32 Å². The van der Waals surface area contributed by atoms with Gasteiger partial charge in [0.25, 0.3) is 0 Å². The van der Waals surface area contributed by atoms with Gasteiger partial charge in [0.15, 0.2) is 0 Å². The molecule has 0 aliphatic rings. The van der Waals surface area contributed by atoms with E-state index in [4.69, 9.17) is 5.26 Å². The quantitative estimate of drug-likeness (QED) is 0.890. The molecular formula is C15H16FN3. The lowest BCUT2D eigenvalue weighted by atomic mass is 10.2. The number of anilines is 1. The van der Waals surface area contributed by atoms with E-state index in [2.05, 4.69) is 16.8 Å². The lowest BCUT2D eigenvalue weighted by Gasteiger charge is -2.11. The van der Waals surface area contributed by atoms with Gasteiger partial charge in [-0.2, -0.15) is 5.26 Å². The number of hydrogen-bond donors (Lipinski definition) is 1. The predicted octanol–water partition coefficient (Wildman–Crippen LogP) is 3.52. The average molecular weight is 257 g/mol. The van der Waals surface area contributed by atoms with Crippen LogP contribution in [-0.2, 0) is 13.1 Å². The van der Waals surface area contributed by atoms with E-state index in [-0.39, 0.29) is 0 Å². The van der Waals surface area contributed by atoms with Crippen LogP contribution in [0.2, 0.25) is 0 Å². The van der Waals surface area contributed by atoms with Gasteiger partial charge in [-0.1, -0.05) is 6.92 Å². The molecule has 0 fully saturated rings. The Morgan fingerprint density at radius 1 is 1.37 bits per heavy atom. The normalized spacial score (nSPS) is 10.2. The third-order valence-electron chi connectivity index (χ3n) is 2.95. The molecule has 2 rings (SSSR count). The summed E-state index contributed by atoms with van der Waals surface area (Å²) < 4.78 is 15.2. The second kappa shape index (κ2) is 6.05. The summed E-state index contributed by atoms with van der Waals surface area (Å²) in [7, 11) is 0. The fourth-order valence-electron chi connectivity index (χ4n) is 2.02. The molecule has 1 aromatic heterocycles. The summed E-state index contributed by atoms with van der Waals surface area (Å²) >= 11 is 0. The molecule has 2 aromatic rings. The maximum Gasteiger partial charge on any atom is 0.124 e. The Kier molecular flexibility index (Phi) is 4.19. The van der Waals surface area contributed by atoms with Crippen molar-refractivity contribution >= 4 is 5.69 Å². The minimum atomic E-state index is -0.392. The number of nitrogens with zero attached hydrogens (tertiary/aromatic N) is 2. The van der Waals surface area contributed by atoms with Gasteiger partial charge in [0.05, 0.1) is 17.8 Å². The molecule has 0 amide bonds. The standard InChI is InChI=1S/C15H16FN3/c1-2-7-19-8-3-4-14(19)11-18-15-6-5-13(16)9-12(15)10-17/h3-6,8-9,18H,2,7,11H2,1H3. The second-order valence-corrected chi connectivity index (χ2v) is 4.35. The third kappa shape index (κ3) is 3.14. The van der Waals surface area contributed by atoms with Crippen LogP contribution in [0.5, 0.6) is 0 Å². The van der Waals surface area contributed by atoms with Crippen LogP contribution in [0.3, 0.4) is 0 Å². The molecule has 98 valence electrons. The minimum absolute atomic E-state index is 0.327. The van der Waals surface area contributed by atoms with E-state index in [0.717, 1.165) is 18.7 Å². The number of nitrogens with one attached hydrogen (secondary N) is 1. The van der Waals surface area contributed by atoms with E-state index in [0.29, 0.717) is 17.8 Å². The Labute approximate surface area is 112 Å². The molecule has 3 nitrogen and oxygen atoms in total. The molecule has 0 radical (unpaired) electrons. The first kappa shape index (κ1) is 13.2. The first-order chi connectivity index (χ1) is 9.24. The van der Waals surface area contributed by atoms with Crippen molar-refractivity contribution in [1.82, 2.24) is 4.57 Å². The molecule has 1 N–H and O–H groups in total. The average Bonchev–Trinajstić information content (AvgIpc) is 2.85. The summed E-state index contributed by atoms with van der Waals surface area (Å²) in [5.41, 5.74) is 2.14. The number of benzene rings is 1. The van der Waals surface area contributed by atoms with Gasteiger partial charge in [-0.05, 0) is 36.8 Å². The molecule has 19 heavy (non-hydrogen) atoms. The highest BCUT2D eigenvalue weighted by Crippen LogP contribution is 2.17. The molecule has 1 aromatic carbocycles. The Balaban J connectivity index is 2.10.